The number of nitrogens with one attached hydrogen (secondary N) is 2. The zero-order valence-electron chi connectivity index (χ0n) is 12.4. The number of rotatable bonds is 8. The first-order valence-corrected chi connectivity index (χ1v) is 6.81. The third-order valence-corrected chi connectivity index (χ3v) is 3.14. The van der Waals surface area contributed by atoms with Crippen LogP contribution >= 0.6 is 0 Å². The van der Waals surface area contributed by atoms with Crippen LogP contribution in [0.1, 0.15) is 37.2 Å². The Kier molecular flexibility index (Phi) is 6.89. The molecule has 1 rings (SSSR count). The van der Waals surface area contributed by atoms with E-state index >= 15 is 0 Å². The maximum Gasteiger partial charge on any atom is 0.271 e. The molecular formula is C13H24N6O. The molecule has 0 bridgehead atoms. The van der Waals surface area contributed by atoms with Crippen molar-refractivity contribution in [3.8, 4) is 0 Å². The number of aromatic nitrogens is 2. The maximum atomic E-state index is 11.8. The summed E-state index contributed by atoms with van der Waals surface area (Å²) in [6.45, 7) is 6.01. The first-order chi connectivity index (χ1) is 9.54. The molecule has 0 radical (unpaired) electrons. The largest absolute Gasteiger partial charge is 0.351 e. The molecule has 0 aliphatic carbocycles. The summed E-state index contributed by atoms with van der Waals surface area (Å²) in [5.41, 5.74) is 2.66. The van der Waals surface area contributed by atoms with Gasteiger partial charge in [0.25, 0.3) is 5.91 Å². The fourth-order valence-electron chi connectivity index (χ4n) is 1.56. The van der Waals surface area contributed by atoms with E-state index in [-0.39, 0.29) is 5.91 Å². The third-order valence-electron chi connectivity index (χ3n) is 3.14. The van der Waals surface area contributed by atoms with Crippen molar-refractivity contribution in [1.29, 1.82) is 0 Å². The second kappa shape index (κ2) is 8.44. The van der Waals surface area contributed by atoms with Crippen LogP contribution in [0.4, 0.5) is 5.82 Å². The summed E-state index contributed by atoms with van der Waals surface area (Å²) in [6, 6.07) is 0.550. The standard InChI is InChI=1S/C13H24N6O/c1-10(2)19(3)7-5-4-6-15-13(20)11-8-17-12(18-14)9-16-11/h8-10H,4-7,14H2,1-3H3,(H,15,20)(H,17,18). The SMILES string of the molecule is CC(C)N(C)CCCCNC(=O)c1cnc(NN)cn1. The summed E-state index contributed by atoms with van der Waals surface area (Å²) in [6.07, 6.45) is 4.82. The molecule has 7 nitrogen and oxygen atoms in total. The smallest absolute Gasteiger partial charge is 0.271 e. The van der Waals surface area contributed by atoms with E-state index in [1.807, 2.05) is 0 Å². The molecule has 1 aromatic heterocycles. The highest BCUT2D eigenvalue weighted by atomic mass is 16.1. The summed E-state index contributed by atoms with van der Waals surface area (Å²) < 4.78 is 0. The van der Waals surface area contributed by atoms with Crippen LogP contribution in [-0.2, 0) is 0 Å². The van der Waals surface area contributed by atoms with Crippen LogP contribution in [0.3, 0.4) is 0 Å². The fourth-order valence-corrected chi connectivity index (χ4v) is 1.56. The van der Waals surface area contributed by atoms with Crippen molar-refractivity contribution in [1.82, 2.24) is 20.2 Å². The van der Waals surface area contributed by atoms with Crippen molar-refractivity contribution in [2.75, 3.05) is 25.6 Å². The van der Waals surface area contributed by atoms with Crippen molar-refractivity contribution < 1.29 is 4.79 Å². The lowest BCUT2D eigenvalue weighted by Gasteiger charge is -2.20. The zero-order valence-corrected chi connectivity index (χ0v) is 12.4. The van der Waals surface area contributed by atoms with E-state index in [4.69, 9.17) is 5.84 Å². The lowest BCUT2D eigenvalue weighted by atomic mass is 10.2. The van der Waals surface area contributed by atoms with Gasteiger partial charge in [-0.05, 0) is 40.3 Å². The zero-order chi connectivity index (χ0) is 15.0. The van der Waals surface area contributed by atoms with E-state index in [1.165, 1.54) is 12.4 Å². The normalized spacial score (nSPS) is 10.9. The van der Waals surface area contributed by atoms with Crippen LogP contribution in [0.5, 0.6) is 0 Å². The minimum atomic E-state index is -0.210. The van der Waals surface area contributed by atoms with E-state index < -0.39 is 0 Å². The van der Waals surface area contributed by atoms with Crippen molar-refractivity contribution in [3.63, 3.8) is 0 Å². The summed E-state index contributed by atoms with van der Waals surface area (Å²) in [5.74, 6) is 5.40. The number of anilines is 1. The highest BCUT2D eigenvalue weighted by Crippen LogP contribution is 2.00. The minimum absolute atomic E-state index is 0.210. The third kappa shape index (κ3) is 5.50. The number of hydrogen-bond donors (Lipinski definition) is 3. The molecule has 0 aliphatic heterocycles. The van der Waals surface area contributed by atoms with Gasteiger partial charge in [-0.25, -0.2) is 15.8 Å². The number of carbonyl (C=O) groups is 1. The molecule has 0 unspecified atom stereocenters. The lowest BCUT2D eigenvalue weighted by Crippen LogP contribution is -2.29. The van der Waals surface area contributed by atoms with Gasteiger partial charge in [-0.2, -0.15) is 0 Å². The second-order valence-electron chi connectivity index (χ2n) is 4.97. The van der Waals surface area contributed by atoms with Crippen LogP contribution in [0.15, 0.2) is 12.4 Å². The second-order valence-corrected chi connectivity index (χ2v) is 4.97. The lowest BCUT2D eigenvalue weighted by molar-refractivity contribution is 0.0947. The van der Waals surface area contributed by atoms with Crippen molar-refractivity contribution in [2.24, 2.45) is 5.84 Å². The Morgan fingerprint density at radius 3 is 2.65 bits per heavy atom. The molecule has 0 aliphatic rings. The molecule has 0 atom stereocenters. The van der Waals surface area contributed by atoms with Crippen LogP contribution < -0.4 is 16.6 Å². The number of unbranched alkanes of at least 4 members (excludes halogenated alkanes) is 1. The number of nitrogens with two attached hydrogens (primary N) is 1. The van der Waals surface area contributed by atoms with E-state index in [1.54, 1.807) is 0 Å². The maximum absolute atomic E-state index is 11.8. The molecule has 0 spiro atoms. The van der Waals surface area contributed by atoms with Gasteiger partial charge >= 0.3 is 0 Å². The summed E-state index contributed by atoms with van der Waals surface area (Å²) in [5, 5.41) is 2.83. The molecule has 0 aromatic carbocycles. The van der Waals surface area contributed by atoms with Gasteiger partial charge in [0, 0.05) is 12.6 Å². The highest BCUT2D eigenvalue weighted by molar-refractivity contribution is 5.91. The number of amides is 1. The van der Waals surface area contributed by atoms with Gasteiger partial charge in [-0.15, -0.1) is 0 Å². The van der Waals surface area contributed by atoms with Gasteiger partial charge in [0.05, 0.1) is 12.4 Å². The first-order valence-electron chi connectivity index (χ1n) is 6.81. The number of hydrogen-bond acceptors (Lipinski definition) is 6. The Morgan fingerprint density at radius 2 is 2.10 bits per heavy atom. The summed E-state index contributed by atoms with van der Waals surface area (Å²) in [4.78, 5) is 22.0. The molecule has 112 valence electrons. The van der Waals surface area contributed by atoms with Crippen LogP contribution in [0.2, 0.25) is 0 Å². The topological polar surface area (TPSA) is 96.2 Å². The highest BCUT2D eigenvalue weighted by Gasteiger charge is 2.07. The van der Waals surface area contributed by atoms with Crippen molar-refractivity contribution in [2.45, 2.75) is 32.7 Å². The predicted molar refractivity (Wildman–Crippen MR) is 79.2 cm³/mol. The number of nitrogen functional groups attached to an aromatic ring is 1. The van der Waals surface area contributed by atoms with Crippen LogP contribution in [0, 0.1) is 0 Å². The Labute approximate surface area is 119 Å². The Morgan fingerprint density at radius 1 is 1.35 bits per heavy atom. The molecule has 4 N–H and O–H groups in total. The molecule has 0 saturated heterocycles. The summed E-state index contributed by atoms with van der Waals surface area (Å²) >= 11 is 0. The molecular weight excluding hydrogens is 256 g/mol. The number of carbonyl (C=O) groups excluding carboxylic acids is 1. The molecule has 0 fully saturated rings. The van der Waals surface area contributed by atoms with Gasteiger partial charge in [0.15, 0.2) is 5.82 Å². The van der Waals surface area contributed by atoms with Crippen LogP contribution in [0.25, 0.3) is 0 Å². The van der Waals surface area contributed by atoms with Gasteiger partial charge in [-0.3, -0.25) is 4.79 Å². The molecule has 1 heterocycles. The Hall–Kier alpha value is -1.73. The Bertz CT molecular complexity index is 406. The molecule has 1 aromatic rings. The van der Waals surface area contributed by atoms with Crippen molar-refractivity contribution >= 4 is 11.7 Å². The molecule has 0 saturated carbocycles. The van der Waals surface area contributed by atoms with E-state index in [0.29, 0.717) is 24.1 Å². The average molecular weight is 280 g/mol. The van der Waals surface area contributed by atoms with Gasteiger partial charge < -0.3 is 15.6 Å². The first kappa shape index (κ1) is 16.3. The number of hydrazine groups is 1. The van der Waals surface area contributed by atoms with E-state index in [9.17, 15) is 4.79 Å². The molecule has 1 amide bonds. The fraction of sp³-hybridized carbons (Fsp3) is 0.615. The monoisotopic (exact) mass is 280 g/mol. The molecule has 20 heavy (non-hydrogen) atoms. The van der Waals surface area contributed by atoms with E-state index in [2.05, 4.69) is 46.5 Å². The van der Waals surface area contributed by atoms with E-state index in [0.717, 1.165) is 19.4 Å². The average Bonchev–Trinajstić information content (AvgIpc) is 2.46. The van der Waals surface area contributed by atoms with Gasteiger partial charge in [0.2, 0.25) is 0 Å². The Balaban J connectivity index is 2.22. The quantitative estimate of drug-likeness (QED) is 0.367. The molecule has 7 heteroatoms. The predicted octanol–water partition coefficient (Wildman–Crippen LogP) is 0.612. The summed E-state index contributed by atoms with van der Waals surface area (Å²) in [7, 11) is 2.10. The van der Waals surface area contributed by atoms with Crippen molar-refractivity contribution in [3.05, 3.63) is 18.1 Å². The van der Waals surface area contributed by atoms with Crippen LogP contribution in [-0.4, -0.2) is 47.0 Å². The van der Waals surface area contributed by atoms with Gasteiger partial charge in [-0.1, -0.05) is 0 Å². The number of nitrogens with zero attached hydrogens (tertiary/aromatic N) is 3. The van der Waals surface area contributed by atoms with Gasteiger partial charge in [0.1, 0.15) is 5.69 Å². The minimum Gasteiger partial charge on any atom is -0.351 e.